The van der Waals surface area contributed by atoms with Crippen LogP contribution in [0.3, 0.4) is 0 Å². The lowest BCUT2D eigenvalue weighted by Gasteiger charge is -2.26. The molecule has 31 heavy (non-hydrogen) atoms. The molecule has 0 aliphatic heterocycles. The van der Waals surface area contributed by atoms with Crippen molar-refractivity contribution in [2.24, 2.45) is 0 Å². The molecule has 6 heteroatoms. The number of carbonyl (C=O) groups excluding carboxylic acids is 1. The van der Waals surface area contributed by atoms with E-state index in [0.29, 0.717) is 5.56 Å². The lowest BCUT2D eigenvalue weighted by molar-refractivity contribution is -0.143. The van der Waals surface area contributed by atoms with Crippen LogP contribution in [-0.4, -0.2) is 34.4 Å². The van der Waals surface area contributed by atoms with Crippen LogP contribution in [0, 0.1) is 0 Å². The summed E-state index contributed by atoms with van der Waals surface area (Å²) in [4.78, 5) is 24.4. The number of aliphatic carboxylic acids is 1. The number of carbonyl (C=O) groups is 2. The number of nitrogens with one attached hydrogen (secondary N) is 1. The quantitative estimate of drug-likeness (QED) is 0.555. The Morgan fingerprint density at radius 2 is 1.48 bits per heavy atom. The van der Waals surface area contributed by atoms with Crippen molar-refractivity contribution in [3.63, 3.8) is 0 Å². The normalized spacial score (nSPS) is 14.2. The van der Waals surface area contributed by atoms with Gasteiger partial charge < -0.3 is 20.3 Å². The van der Waals surface area contributed by atoms with Gasteiger partial charge in [-0.25, -0.2) is 9.59 Å². The standard InChI is InChI=1S/C25H23NO5/c1-25(23(28)29,14-16-10-12-17(27)13-11-16)26-24(30)31-15-22-20-8-4-2-6-18(20)19-7-3-5-9-21(19)22/h2-13,22,27H,14-15H2,1H3,(H,26,30)(H,28,29). The van der Waals surface area contributed by atoms with E-state index in [1.807, 2.05) is 48.5 Å². The second-order valence-corrected chi connectivity index (χ2v) is 7.93. The summed E-state index contributed by atoms with van der Waals surface area (Å²) in [5.41, 5.74) is 3.52. The Labute approximate surface area is 180 Å². The van der Waals surface area contributed by atoms with Gasteiger partial charge in [-0.2, -0.15) is 0 Å². The van der Waals surface area contributed by atoms with Crippen LogP contribution in [0.15, 0.2) is 72.8 Å². The first-order chi connectivity index (χ1) is 14.9. The molecular formula is C25H23NO5. The van der Waals surface area contributed by atoms with Gasteiger partial charge in [0.2, 0.25) is 0 Å². The van der Waals surface area contributed by atoms with Gasteiger partial charge in [-0.1, -0.05) is 60.7 Å². The first kappa shape index (κ1) is 20.5. The summed E-state index contributed by atoms with van der Waals surface area (Å²) in [7, 11) is 0. The van der Waals surface area contributed by atoms with E-state index in [9.17, 15) is 19.8 Å². The minimum Gasteiger partial charge on any atom is -0.508 e. The minimum absolute atomic E-state index is 0.0484. The van der Waals surface area contributed by atoms with Gasteiger partial charge in [-0.3, -0.25) is 0 Å². The third-order valence-corrected chi connectivity index (χ3v) is 5.69. The van der Waals surface area contributed by atoms with E-state index in [2.05, 4.69) is 5.32 Å². The molecule has 3 aromatic carbocycles. The number of hydrogen-bond acceptors (Lipinski definition) is 4. The Hall–Kier alpha value is -3.80. The monoisotopic (exact) mass is 417 g/mol. The van der Waals surface area contributed by atoms with Crippen LogP contribution < -0.4 is 5.32 Å². The number of rotatable bonds is 6. The Kier molecular flexibility index (Phi) is 5.38. The van der Waals surface area contributed by atoms with E-state index in [1.165, 1.54) is 19.1 Å². The van der Waals surface area contributed by atoms with Crippen LogP contribution >= 0.6 is 0 Å². The van der Waals surface area contributed by atoms with E-state index in [-0.39, 0.29) is 24.7 Å². The van der Waals surface area contributed by atoms with Gasteiger partial charge in [-0.05, 0) is 46.9 Å². The molecule has 0 saturated carbocycles. The van der Waals surface area contributed by atoms with Crippen molar-refractivity contribution in [2.75, 3.05) is 6.61 Å². The summed E-state index contributed by atoms with van der Waals surface area (Å²) < 4.78 is 5.49. The van der Waals surface area contributed by atoms with Crippen molar-refractivity contribution in [1.29, 1.82) is 0 Å². The first-order valence-electron chi connectivity index (χ1n) is 10.0. The Balaban J connectivity index is 1.47. The van der Waals surface area contributed by atoms with E-state index < -0.39 is 17.6 Å². The highest BCUT2D eigenvalue weighted by molar-refractivity contribution is 5.84. The Morgan fingerprint density at radius 1 is 0.935 bits per heavy atom. The smallest absolute Gasteiger partial charge is 0.408 e. The number of benzene rings is 3. The molecule has 0 aromatic heterocycles. The molecule has 0 saturated heterocycles. The largest absolute Gasteiger partial charge is 0.508 e. The fourth-order valence-electron chi connectivity index (χ4n) is 4.06. The molecule has 0 spiro atoms. The van der Waals surface area contributed by atoms with Crippen molar-refractivity contribution < 1.29 is 24.5 Å². The van der Waals surface area contributed by atoms with Crippen LogP contribution in [0.25, 0.3) is 11.1 Å². The number of carboxylic acid groups (broad SMARTS) is 1. The molecule has 1 unspecified atom stereocenters. The molecule has 0 bridgehead atoms. The maximum absolute atomic E-state index is 12.6. The summed E-state index contributed by atoms with van der Waals surface area (Å²) >= 11 is 0. The lowest BCUT2D eigenvalue weighted by Crippen LogP contribution is -2.54. The zero-order valence-electron chi connectivity index (χ0n) is 17.0. The lowest BCUT2D eigenvalue weighted by atomic mass is 9.93. The summed E-state index contributed by atoms with van der Waals surface area (Å²) in [5.74, 6) is -1.19. The average molecular weight is 417 g/mol. The predicted molar refractivity (Wildman–Crippen MR) is 116 cm³/mol. The van der Waals surface area contributed by atoms with Crippen molar-refractivity contribution in [2.45, 2.75) is 24.8 Å². The maximum atomic E-state index is 12.6. The van der Waals surface area contributed by atoms with E-state index in [0.717, 1.165) is 22.3 Å². The number of ether oxygens (including phenoxy) is 1. The van der Waals surface area contributed by atoms with Crippen molar-refractivity contribution >= 4 is 12.1 Å². The predicted octanol–water partition coefficient (Wildman–Crippen LogP) is 4.32. The molecule has 1 aliphatic rings. The first-order valence-corrected chi connectivity index (χ1v) is 10.0. The Morgan fingerprint density at radius 3 is 2.03 bits per heavy atom. The SMILES string of the molecule is CC(Cc1ccc(O)cc1)(NC(=O)OCC1c2ccccc2-c2ccccc21)C(=O)O. The topological polar surface area (TPSA) is 95.9 Å². The van der Waals surface area contributed by atoms with E-state index in [4.69, 9.17) is 4.74 Å². The molecule has 3 aromatic rings. The second kappa shape index (κ2) is 8.14. The molecule has 0 radical (unpaired) electrons. The van der Waals surface area contributed by atoms with Gasteiger partial charge in [0.25, 0.3) is 0 Å². The molecule has 3 N–H and O–H groups in total. The van der Waals surface area contributed by atoms with Gasteiger partial charge >= 0.3 is 12.1 Å². The Bertz CT molecular complexity index is 1080. The van der Waals surface area contributed by atoms with E-state index >= 15 is 0 Å². The van der Waals surface area contributed by atoms with E-state index in [1.54, 1.807) is 12.1 Å². The molecule has 1 amide bonds. The number of amides is 1. The van der Waals surface area contributed by atoms with Gasteiger partial charge in [0, 0.05) is 12.3 Å². The van der Waals surface area contributed by atoms with Crippen molar-refractivity contribution in [3.8, 4) is 16.9 Å². The fourth-order valence-corrected chi connectivity index (χ4v) is 4.06. The number of alkyl carbamates (subject to hydrolysis) is 1. The number of carboxylic acids is 1. The number of fused-ring (bicyclic) bond motifs is 3. The van der Waals surface area contributed by atoms with Gasteiger partial charge in [0.05, 0.1) is 0 Å². The van der Waals surface area contributed by atoms with Crippen LogP contribution in [-0.2, 0) is 16.0 Å². The summed E-state index contributed by atoms with van der Waals surface area (Å²) in [6.45, 7) is 1.54. The van der Waals surface area contributed by atoms with Gasteiger partial charge in [0.1, 0.15) is 17.9 Å². The number of hydrogen-bond donors (Lipinski definition) is 3. The van der Waals surface area contributed by atoms with Crippen molar-refractivity contribution in [3.05, 3.63) is 89.5 Å². The summed E-state index contributed by atoms with van der Waals surface area (Å²) in [5, 5.41) is 21.6. The average Bonchev–Trinajstić information content (AvgIpc) is 3.08. The molecular weight excluding hydrogens is 394 g/mol. The fraction of sp³-hybridized carbons (Fsp3) is 0.200. The summed E-state index contributed by atoms with van der Waals surface area (Å²) in [6.07, 6.45) is -0.738. The van der Waals surface area contributed by atoms with Gasteiger partial charge in [-0.15, -0.1) is 0 Å². The minimum atomic E-state index is -1.56. The number of phenolic OH excluding ortho intramolecular Hbond substituents is 1. The third kappa shape index (κ3) is 4.10. The molecule has 1 aliphatic carbocycles. The highest BCUT2D eigenvalue weighted by atomic mass is 16.5. The zero-order valence-corrected chi connectivity index (χ0v) is 17.0. The van der Waals surface area contributed by atoms with Crippen LogP contribution in [0.2, 0.25) is 0 Å². The van der Waals surface area contributed by atoms with Crippen LogP contribution in [0.1, 0.15) is 29.5 Å². The maximum Gasteiger partial charge on any atom is 0.408 e. The molecule has 158 valence electrons. The van der Waals surface area contributed by atoms with Crippen LogP contribution in [0.4, 0.5) is 4.79 Å². The highest BCUT2D eigenvalue weighted by Crippen LogP contribution is 2.44. The zero-order chi connectivity index (χ0) is 22.0. The second-order valence-electron chi connectivity index (χ2n) is 7.93. The third-order valence-electron chi connectivity index (χ3n) is 5.69. The van der Waals surface area contributed by atoms with Gasteiger partial charge in [0.15, 0.2) is 0 Å². The molecule has 6 nitrogen and oxygen atoms in total. The number of phenols is 1. The molecule has 4 rings (SSSR count). The number of aromatic hydroxyl groups is 1. The molecule has 0 heterocycles. The van der Waals surface area contributed by atoms with Crippen LogP contribution in [0.5, 0.6) is 5.75 Å². The highest BCUT2D eigenvalue weighted by Gasteiger charge is 2.36. The summed E-state index contributed by atoms with van der Waals surface area (Å²) in [6, 6.07) is 22.2. The molecule has 0 fully saturated rings. The van der Waals surface area contributed by atoms with Crippen molar-refractivity contribution in [1.82, 2.24) is 5.32 Å². The molecule has 1 atom stereocenters.